The lowest BCUT2D eigenvalue weighted by molar-refractivity contribution is -0.115. The maximum atomic E-state index is 13.9. The number of hydrogen-bond donors (Lipinski definition) is 6. The van der Waals surface area contributed by atoms with Crippen LogP contribution in [-0.2, 0) is 94.7 Å². The van der Waals surface area contributed by atoms with Gasteiger partial charge in [0, 0.05) is 122 Å². The van der Waals surface area contributed by atoms with Crippen LogP contribution in [0, 0.1) is 11.6 Å². The van der Waals surface area contributed by atoms with E-state index in [0.29, 0.717) is 41.9 Å². The Hall–Kier alpha value is -16.9. The number of amides is 6. The van der Waals surface area contributed by atoms with Crippen LogP contribution < -0.4 is 28.3 Å². The first-order valence-electron chi connectivity index (χ1n) is 40.1. The van der Waals surface area contributed by atoms with E-state index in [1.807, 2.05) is 140 Å². The molecular weight excluding hydrogens is 1840 g/mol. The van der Waals surface area contributed by atoms with Crippen LogP contribution in [0.15, 0.2) is 324 Å². The Bertz CT molecular complexity index is 7980. The fourth-order valence-electron chi connectivity index (χ4n) is 14.7. The SMILES string of the molecule is O=C1C=C(n2ncc3c(-c4ccccc4)cccc32)S(=O)N1.O=C1C=C(n2ncc3c(-c4cncnc4)cccc32)S(=O)N1.O=C1C=C(n2ncc3cc(-c4cccc(F)c4)ccc32)S(=O)N1.O=C1C=C(n2ncc3cc(-c4ccccc4F)ccc32)S(=O)N1.O=C1C=C(n2ncc3ccc(-c4cncnc4)cc32)S(=O)N1.[2H]c1cccc(-c2ccc3c(cnn3C3=CC(=O)NS3=O)c2)n1. The topological polar surface area (TPSA) is 448 Å². The Morgan fingerprint density at radius 3 is 1.07 bits per heavy atom. The first-order valence-corrected chi connectivity index (χ1v) is 46.5. The van der Waals surface area contributed by atoms with Crippen LogP contribution in [0.4, 0.5) is 8.78 Å². The van der Waals surface area contributed by atoms with Crippen molar-refractivity contribution >= 4 is 197 Å². The molecule has 6 aliphatic heterocycles. The zero-order valence-electron chi connectivity index (χ0n) is 69.2. The van der Waals surface area contributed by atoms with Gasteiger partial charge in [-0.2, -0.15) is 30.6 Å². The van der Waals surface area contributed by atoms with E-state index in [1.54, 1.807) is 115 Å². The summed E-state index contributed by atoms with van der Waals surface area (Å²) in [5.41, 5.74) is 14.6. The van der Waals surface area contributed by atoms with Crippen molar-refractivity contribution in [3.8, 4) is 66.9 Å². The van der Waals surface area contributed by atoms with E-state index >= 15 is 0 Å². The second-order valence-electron chi connectivity index (χ2n) is 29.0. The van der Waals surface area contributed by atoms with E-state index in [2.05, 4.69) is 83.8 Å². The molecule has 6 N–H and O–H groups in total. The third kappa shape index (κ3) is 17.8. The van der Waals surface area contributed by atoms with Crippen LogP contribution in [-0.4, -0.2) is 144 Å². The van der Waals surface area contributed by atoms with Gasteiger partial charge >= 0.3 is 0 Å². The maximum absolute atomic E-state index is 13.9. The number of halogens is 2. The summed E-state index contributed by atoms with van der Waals surface area (Å²) in [6.07, 6.45) is 27.7. The normalized spacial score (nSPS) is 17.6. The predicted molar refractivity (Wildman–Crippen MR) is 503 cm³/mol. The van der Waals surface area contributed by atoms with Gasteiger partial charge in [0.2, 0.25) is 0 Å². The summed E-state index contributed by atoms with van der Waals surface area (Å²) in [5, 5.41) is 32.4. The van der Waals surface area contributed by atoms with Gasteiger partial charge in [-0.1, -0.05) is 121 Å². The molecule has 6 atom stereocenters. The molecule has 0 radical (unpaired) electrons. The maximum Gasteiger partial charge on any atom is 0.258 e. The van der Waals surface area contributed by atoms with Gasteiger partial charge in [0.1, 0.15) is 24.3 Å². The molecule has 0 aliphatic carbocycles. The van der Waals surface area contributed by atoms with Crippen molar-refractivity contribution in [1.29, 1.82) is 0 Å². The molecule has 0 fully saturated rings. The van der Waals surface area contributed by atoms with Gasteiger partial charge in [-0.25, -0.2) is 82.1 Å². The Labute approximate surface area is 769 Å². The van der Waals surface area contributed by atoms with Gasteiger partial charge in [0.25, 0.3) is 35.4 Å². The highest BCUT2D eigenvalue weighted by Crippen LogP contribution is 2.36. The molecule has 6 amide bonds. The summed E-state index contributed by atoms with van der Waals surface area (Å²) in [4.78, 5) is 88.2. The van der Waals surface area contributed by atoms with Gasteiger partial charge in [-0.3, -0.25) is 62.1 Å². The van der Waals surface area contributed by atoms with Gasteiger partial charge in [-0.05, 0) is 124 Å². The van der Waals surface area contributed by atoms with E-state index < -0.39 is 83.6 Å². The molecule has 0 spiro atoms. The Balaban J connectivity index is 0.000000104. The van der Waals surface area contributed by atoms with Gasteiger partial charge in [0.05, 0.1) is 77.3 Å². The molecular formula is C91H59F2N23O12S6. The highest BCUT2D eigenvalue weighted by molar-refractivity contribution is 7.95. The van der Waals surface area contributed by atoms with E-state index in [4.69, 9.17) is 1.37 Å². The number of pyridine rings is 1. The molecule has 9 aromatic carbocycles. The van der Waals surface area contributed by atoms with Gasteiger partial charge in [0.15, 0.2) is 96.1 Å². The van der Waals surface area contributed by atoms with Gasteiger partial charge in [-0.15, -0.1) is 0 Å². The second-order valence-corrected chi connectivity index (χ2v) is 35.9. The Kier molecular flexibility index (Phi) is 23.7. The molecule has 9 aromatic heterocycles. The van der Waals surface area contributed by atoms with Crippen LogP contribution in [0.5, 0.6) is 0 Å². The van der Waals surface area contributed by atoms with Crippen molar-refractivity contribution < 1.29 is 64.2 Å². The number of rotatable bonds is 12. The minimum atomic E-state index is -1.62. The minimum Gasteiger partial charge on any atom is -0.269 e. The van der Waals surface area contributed by atoms with Crippen molar-refractivity contribution in [3.63, 3.8) is 0 Å². The highest BCUT2D eigenvalue weighted by atomic mass is 32.2. The fourth-order valence-corrected chi connectivity index (χ4v) is 19.9. The standard InChI is InChI=1S/2C16H10FN3O2S.C16H11N3O2S.C15H10N4O2S.2C14H9N5O2S/c17-13-3-1-2-10(7-13)11-4-5-14-12(6-11)9-18-20(14)16-8-15(21)19-23(16)22;17-13-4-2-1-3-12(13)10-5-6-14-11(7-10)9-18-20(14)16-8-15(21)19-23(16)22;20-15-9-16(22(21)18-15)19-14-8-4-7-12(13(14)10-17-19)11-5-2-1-3-6-11;20-14-8-15(22(21)18-14)19-13-5-4-10(7-11(13)9-17-19)12-3-1-2-6-16-12;20-13-4-14(22(21)18-13)19-12-3-9(1-2-10(12)7-17-19)11-5-15-8-16-6-11;20-13-4-14(22(21)18-13)19-12-3-1-2-10(11(12)7-17-19)9-5-15-8-16-6-9/h2*1-9H,(H,19,21);1-10H,(H,18,20);1-9H,(H,18,20);2*1-8H,(H,18,20)/i;;;6D;;. The lowest BCUT2D eigenvalue weighted by Gasteiger charge is -2.05. The first-order chi connectivity index (χ1) is 65.6. The average Bonchev–Trinajstić information content (AvgIpc) is 1.62. The summed E-state index contributed by atoms with van der Waals surface area (Å²) in [5.74, 6) is -2.94. The number of carbonyl (C=O) groups is 6. The first kappa shape index (κ1) is 85.2. The number of nitrogens with zero attached hydrogens (tertiary/aromatic N) is 17. The molecule has 43 heteroatoms. The van der Waals surface area contributed by atoms with Crippen LogP contribution in [0.1, 0.15) is 1.37 Å². The zero-order chi connectivity index (χ0) is 93.2. The number of fused-ring (bicyclic) bond motifs is 6. The molecule has 6 unspecified atom stereocenters. The molecule has 134 heavy (non-hydrogen) atoms. The van der Waals surface area contributed by atoms with Crippen LogP contribution >= 0.6 is 0 Å². The van der Waals surface area contributed by atoms with Crippen LogP contribution in [0.25, 0.3) is 162 Å². The Morgan fingerprint density at radius 2 is 0.619 bits per heavy atom. The molecule has 6 aliphatic rings. The molecule has 0 saturated heterocycles. The number of hydrogen-bond acceptors (Lipinski definition) is 23. The number of benzene rings is 9. The van der Waals surface area contributed by atoms with Crippen molar-refractivity contribution in [2.75, 3.05) is 0 Å². The minimum absolute atomic E-state index is 0.203. The third-order valence-electron chi connectivity index (χ3n) is 20.7. The summed E-state index contributed by atoms with van der Waals surface area (Å²) >= 11 is 0. The number of nitrogens with one attached hydrogen (secondary N) is 6. The molecule has 660 valence electrons. The molecule has 24 rings (SSSR count). The number of carbonyl (C=O) groups excluding carboxylic acids is 6. The summed E-state index contributed by atoms with van der Waals surface area (Å²) < 4.78 is 129. The smallest absolute Gasteiger partial charge is 0.258 e. The van der Waals surface area contributed by atoms with E-state index in [1.165, 1.54) is 90.7 Å². The van der Waals surface area contributed by atoms with E-state index in [0.717, 1.165) is 116 Å². The molecule has 18 aromatic rings. The van der Waals surface area contributed by atoms with Crippen LogP contribution in [0.2, 0.25) is 0 Å². The third-order valence-corrected chi connectivity index (χ3v) is 27.0. The highest BCUT2D eigenvalue weighted by Gasteiger charge is 2.30. The number of aromatic nitrogens is 17. The monoisotopic (exact) mass is 1900 g/mol. The lowest BCUT2D eigenvalue weighted by atomic mass is 10.0. The van der Waals surface area contributed by atoms with Crippen molar-refractivity contribution in [3.05, 3.63) is 335 Å². The average molecular weight is 1900 g/mol. The fraction of sp³-hybridized carbons (Fsp3) is 0. The summed E-state index contributed by atoms with van der Waals surface area (Å²) in [6.45, 7) is 0. The molecule has 0 saturated carbocycles. The van der Waals surface area contributed by atoms with E-state index in [-0.39, 0.29) is 40.6 Å². The second kappa shape index (κ2) is 37.3. The quantitative estimate of drug-likeness (QED) is 0.0661. The Morgan fingerprint density at radius 1 is 0.269 bits per heavy atom. The largest absolute Gasteiger partial charge is 0.269 e. The molecule has 15 heterocycles. The van der Waals surface area contributed by atoms with Gasteiger partial charge < -0.3 is 0 Å². The van der Waals surface area contributed by atoms with Crippen molar-refractivity contribution in [2.24, 2.45) is 0 Å². The predicted octanol–water partition coefficient (Wildman–Crippen LogP) is 11.0. The van der Waals surface area contributed by atoms with Crippen LogP contribution in [0.3, 0.4) is 0 Å². The van der Waals surface area contributed by atoms with Crippen molar-refractivity contribution in [1.82, 2.24) is 112 Å². The summed E-state index contributed by atoms with van der Waals surface area (Å²) in [6, 6.07) is 61.8. The van der Waals surface area contributed by atoms with Crippen molar-refractivity contribution in [2.45, 2.75) is 0 Å². The molecule has 0 bridgehead atoms. The van der Waals surface area contributed by atoms with E-state index in [9.17, 15) is 62.8 Å². The summed E-state index contributed by atoms with van der Waals surface area (Å²) in [7, 11) is -9.57. The lowest BCUT2D eigenvalue weighted by Crippen LogP contribution is -2.17. The molecule has 35 nitrogen and oxygen atoms in total. The zero-order valence-corrected chi connectivity index (χ0v) is 73.1.